The molecule has 94 valence electrons. The number of amides is 1. The number of carbonyl (C=O) groups excluding carboxylic acids is 1. The van der Waals surface area contributed by atoms with Gasteiger partial charge >= 0.3 is 0 Å². The van der Waals surface area contributed by atoms with Crippen molar-refractivity contribution in [1.82, 2.24) is 4.98 Å². The van der Waals surface area contributed by atoms with E-state index in [1.54, 1.807) is 12.1 Å². The lowest BCUT2D eigenvalue weighted by molar-refractivity contribution is -0.114. The van der Waals surface area contributed by atoms with Gasteiger partial charge in [-0.25, -0.2) is 4.98 Å². The van der Waals surface area contributed by atoms with Crippen LogP contribution in [0.15, 0.2) is 18.2 Å². The van der Waals surface area contributed by atoms with Crippen LogP contribution in [0.5, 0.6) is 0 Å². The number of halogens is 2. The Bertz CT molecular complexity index is 610. The largest absolute Gasteiger partial charge is 0.302 e. The molecule has 1 N–H and O–H groups in total. The Morgan fingerprint density at radius 2 is 2.11 bits per heavy atom. The summed E-state index contributed by atoms with van der Waals surface area (Å²) >= 11 is 13.4. The van der Waals surface area contributed by atoms with Gasteiger partial charge in [0, 0.05) is 17.5 Å². The average molecular weight is 301 g/mol. The number of aromatic nitrogens is 1. The van der Waals surface area contributed by atoms with Gasteiger partial charge in [-0.05, 0) is 19.1 Å². The maximum absolute atomic E-state index is 11.0. The van der Waals surface area contributed by atoms with Crippen LogP contribution in [0.3, 0.4) is 0 Å². The molecule has 2 aromatic rings. The van der Waals surface area contributed by atoms with Crippen LogP contribution in [-0.4, -0.2) is 10.9 Å². The highest BCUT2D eigenvalue weighted by molar-refractivity contribution is 7.19. The maximum atomic E-state index is 11.0. The summed E-state index contributed by atoms with van der Waals surface area (Å²) in [6.45, 7) is 3.33. The number of nitrogens with zero attached hydrogens (tertiary/aromatic N) is 1. The second-order valence-electron chi connectivity index (χ2n) is 3.74. The SMILES string of the molecule is CC(=O)Nc1nc(C)c(-c2ccc(Cl)cc2Cl)s1. The molecule has 2 rings (SSSR count). The first kappa shape index (κ1) is 13.3. The highest BCUT2D eigenvalue weighted by Gasteiger charge is 2.13. The van der Waals surface area contributed by atoms with Gasteiger partial charge in [0.15, 0.2) is 5.13 Å². The van der Waals surface area contributed by atoms with Gasteiger partial charge in [-0.3, -0.25) is 4.79 Å². The van der Waals surface area contributed by atoms with Crippen molar-refractivity contribution in [2.45, 2.75) is 13.8 Å². The Morgan fingerprint density at radius 3 is 2.72 bits per heavy atom. The monoisotopic (exact) mass is 300 g/mol. The molecule has 0 saturated carbocycles. The lowest BCUT2D eigenvalue weighted by Gasteiger charge is -2.02. The van der Waals surface area contributed by atoms with Gasteiger partial charge in [0.1, 0.15) is 0 Å². The van der Waals surface area contributed by atoms with E-state index in [0.717, 1.165) is 16.1 Å². The fraction of sp³-hybridized carbons (Fsp3) is 0.167. The van der Waals surface area contributed by atoms with Crippen LogP contribution in [0, 0.1) is 6.92 Å². The molecule has 1 aromatic heterocycles. The van der Waals surface area contributed by atoms with E-state index in [0.29, 0.717) is 15.2 Å². The Balaban J connectivity index is 2.44. The maximum Gasteiger partial charge on any atom is 0.223 e. The molecule has 1 amide bonds. The lowest BCUT2D eigenvalue weighted by Crippen LogP contribution is -2.04. The molecule has 0 aliphatic heterocycles. The highest BCUT2D eigenvalue weighted by atomic mass is 35.5. The van der Waals surface area contributed by atoms with Gasteiger partial charge in [0.25, 0.3) is 0 Å². The van der Waals surface area contributed by atoms with Gasteiger partial charge in [0.2, 0.25) is 5.91 Å². The van der Waals surface area contributed by atoms with Gasteiger partial charge in [-0.15, -0.1) is 0 Å². The minimum Gasteiger partial charge on any atom is -0.302 e. The standard InChI is InChI=1S/C12H10Cl2N2OS/c1-6-11(18-12(15-6)16-7(2)17)9-4-3-8(13)5-10(9)14/h3-5H,1-2H3,(H,15,16,17). The predicted octanol–water partition coefficient (Wildman–Crippen LogP) is 4.38. The van der Waals surface area contributed by atoms with Crippen molar-refractivity contribution in [3.8, 4) is 10.4 Å². The number of rotatable bonds is 2. The van der Waals surface area contributed by atoms with Crippen LogP contribution in [0.25, 0.3) is 10.4 Å². The summed E-state index contributed by atoms with van der Waals surface area (Å²) in [5.74, 6) is -0.141. The van der Waals surface area contributed by atoms with Gasteiger partial charge in [-0.2, -0.15) is 0 Å². The number of carbonyl (C=O) groups is 1. The first-order valence-electron chi connectivity index (χ1n) is 5.18. The number of anilines is 1. The fourth-order valence-corrected chi connectivity index (χ4v) is 3.13. The van der Waals surface area contributed by atoms with E-state index >= 15 is 0 Å². The van der Waals surface area contributed by atoms with E-state index in [1.807, 2.05) is 13.0 Å². The fourth-order valence-electron chi connectivity index (χ4n) is 1.52. The van der Waals surface area contributed by atoms with Crippen LogP contribution in [0.1, 0.15) is 12.6 Å². The molecule has 0 bridgehead atoms. The smallest absolute Gasteiger partial charge is 0.223 e. The molecule has 0 saturated heterocycles. The van der Waals surface area contributed by atoms with Crippen molar-refractivity contribution in [2.75, 3.05) is 5.32 Å². The van der Waals surface area contributed by atoms with E-state index in [4.69, 9.17) is 23.2 Å². The van der Waals surface area contributed by atoms with Crippen molar-refractivity contribution in [3.05, 3.63) is 33.9 Å². The molecular formula is C12H10Cl2N2OS. The molecular weight excluding hydrogens is 291 g/mol. The van der Waals surface area contributed by atoms with E-state index < -0.39 is 0 Å². The molecule has 0 unspecified atom stereocenters. The third-order valence-electron chi connectivity index (χ3n) is 2.26. The Hall–Kier alpha value is -1.10. The molecule has 3 nitrogen and oxygen atoms in total. The van der Waals surface area contributed by atoms with Gasteiger partial charge < -0.3 is 5.32 Å². The van der Waals surface area contributed by atoms with Crippen LogP contribution >= 0.6 is 34.5 Å². The zero-order valence-electron chi connectivity index (χ0n) is 9.75. The van der Waals surface area contributed by atoms with Crippen molar-refractivity contribution in [1.29, 1.82) is 0 Å². The number of hydrogen-bond donors (Lipinski definition) is 1. The quantitative estimate of drug-likeness (QED) is 0.894. The Labute approximate surface area is 119 Å². The first-order chi connectivity index (χ1) is 8.47. The van der Waals surface area contributed by atoms with Crippen LogP contribution in [0.4, 0.5) is 5.13 Å². The van der Waals surface area contributed by atoms with Crippen molar-refractivity contribution in [3.63, 3.8) is 0 Å². The molecule has 0 aliphatic carbocycles. The zero-order valence-corrected chi connectivity index (χ0v) is 12.1. The zero-order chi connectivity index (χ0) is 13.3. The van der Waals surface area contributed by atoms with E-state index in [1.165, 1.54) is 18.3 Å². The second kappa shape index (κ2) is 5.26. The highest BCUT2D eigenvalue weighted by Crippen LogP contribution is 2.37. The predicted molar refractivity (Wildman–Crippen MR) is 76.6 cm³/mol. The summed E-state index contributed by atoms with van der Waals surface area (Å²) in [6.07, 6.45) is 0. The summed E-state index contributed by atoms with van der Waals surface area (Å²) in [5, 5.41) is 4.40. The molecule has 0 aliphatic rings. The number of thiazole rings is 1. The van der Waals surface area contributed by atoms with Crippen molar-refractivity contribution in [2.24, 2.45) is 0 Å². The third kappa shape index (κ3) is 2.83. The van der Waals surface area contributed by atoms with Crippen molar-refractivity contribution < 1.29 is 4.79 Å². The number of nitrogens with one attached hydrogen (secondary N) is 1. The number of aryl methyl sites for hydroxylation is 1. The van der Waals surface area contributed by atoms with Crippen LogP contribution in [-0.2, 0) is 4.79 Å². The topological polar surface area (TPSA) is 42.0 Å². The molecule has 0 spiro atoms. The lowest BCUT2D eigenvalue weighted by atomic mass is 10.1. The van der Waals surface area contributed by atoms with E-state index in [2.05, 4.69) is 10.3 Å². The molecule has 1 heterocycles. The normalized spacial score (nSPS) is 10.4. The molecule has 0 atom stereocenters. The summed E-state index contributed by atoms with van der Waals surface area (Å²) in [5.41, 5.74) is 1.70. The first-order valence-corrected chi connectivity index (χ1v) is 6.75. The molecule has 0 fully saturated rings. The minimum atomic E-state index is -0.141. The summed E-state index contributed by atoms with van der Waals surface area (Å²) in [7, 11) is 0. The molecule has 18 heavy (non-hydrogen) atoms. The number of hydrogen-bond acceptors (Lipinski definition) is 3. The second-order valence-corrected chi connectivity index (χ2v) is 5.58. The summed E-state index contributed by atoms with van der Waals surface area (Å²) in [4.78, 5) is 16.2. The Kier molecular flexibility index (Phi) is 3.90. The minimum absolute atomic E-state index is 0.141. The average Bonchev–Trinajstić information content (AvgIpc) is 2.58. The van der Waals surface area contributed by atoms with Crippen LogP contribution in [0.2, 0.25) is 10.0 Å². The summed E-state index contributed by atoms with van der Waals surface area (Å²) in [6, 6.07) is 5.32. The molecule has 0 radical (unpaired) electrons. The van der Waals surface area contributed by atoms with Gasteiger partial charge in [-0.1, -0.05) is 40.6 Å². The van der Waals surface area contributed by atoms with Crippen molar-refractivity contribution >= 4 is 45.6 Å². The summed E-state index contributed by atoms with van der Waals surface area (Å²) < 4.78 is 0. The van der Waals surface area contributed by atoms with Crippen LogP contribution < -0.4 is 5.32 Å². The number of benzene rings is 1. The van der Waals surface area contributed by atoms with E-state index in [9.17, 15) is 4.79 Å². The molecule has 1 aromatic carbocycles. The van der Waals surface area contributed by atoms with E-state index in [-0.39, 0.29) is 5.91 Å². The van der Waals surface area contributed by atoms with Gasteiger partial charge in [0.05, 0.1) is 15.6 Å². The molecule has 6 heteroatoms. The third-order valence-corrected chi connectivity index (χ3v) is 3.91. The Morgan fingerprint density at radius 1 is 1.39 bits per heavy atom.